The quantitative estimate of drug-likeness (QED) is 0.621. The first-order chi connectivity index (χ1) is 12.5. The molecule has 0 spiro atoms. The molecule has 0 saturated heterocycles. The first-order valence-corrected chi connectivity index (χ1v) is 10.2. The van der Waals surface area contributed by atoms with Crippen LogP contribution in [-0.2, 0) is 6.42 Å². The van der Waals surface area contributed by atoms with Gasteiger partial charge in [-0.1, -0.05) is 20.3 Å². The molecule has 1 heterocycles. The van der Waals surface area contributed by atoms with Crippen molar-refractivity contribution in [1.29, 1.82) is 0 Å². The average Bonchev–Trinajstić information content (AvgIpc) is 2.60. The molecule has 0 saturated carbocycles. The van der Waals surface area contributed by atoms with Crippen molar-refractivity contribution in [3.8, 4) is 5.75 Å². The molecule has 1 aromatic carbocycles. The van der Waals surface area contributed by atoms with E-state index >= 15 is 0 Å². The van der Waals surface area contributed by atoms with Gasteiger partial charge in [0.05, 0.1) is 0 Å². The monoisotopic (exact) mass is 358 g/mol. The number of nitrogens with one attached hydrogen (secondary N) is 2. The fourth-order valence-corrected chi connectivity index (χ4v) is 3.79. The van der Waals surface area contributed by atoms with Crippen molar-refractivity contribution in [2.75, 3.05) is 13.1 Å². The number of nitrogens with two attached hydrogens (primary N) is 1. The SMILES string of the molecule is CC(C)NCCCCCNC1CCCc2cc3c(cc21)N=C(N)C(C)O3. The lowest BCUT2D eigenvalue weighted by molar-refractivity contribution is 0.281. The number of ether oxygens (including phenoxy) is 1. The van der Waals surface area contributed by atoms with Gasteiger partial charge in [0.25, 0.3) is 0 Å². The highest BCUT2D eigenvalue weighted by molar-refractivity contribution is 5.90. The number of unbranched alkanes of at least 4 members (excludes halogenated alkanes) is 2. The molecular formula is C21H34N4O. The van der Waals surface area contributed by atoms with Crippen LogP contribution in [0.4, 0.5) is 5.69 Å². The van der Waals surface area contributed by atoms with Crippen molar-refractivity contribution in [2.24, 2.45) is 10.7 Å². The Balaban J connectivity index is 1.55. The number of aryl methyl sites for hydroxylation is 1. The number of hydrogen-bond acceptors (Lipinski definition) is 5. The first-order valence-electron chi connectivity index (χ1n) is 10.2. The van der Waals surface area contributed by atoms with Gasteiger partial charge in [0.15, 0.2) is 6.10 Å². The van der Waals surface area contributed by atoms with Gasteiger partial charge in [-0.25, -0.2) is 4.99 Å². The van der Waals surface area contributed by atoms with Crippen molar-refractivity contribution in [1.82, 2.24) is 10.6 Å². The number of aliphatic imine (C=N–C) groups is 1. The summed E-state index contributed by atoms with van der Waals surface area (Å²) in [5.74, 6) is 1.44. The Labute approximate surface area is 157 Å². The molecule has 1 aromatic rings. The number of hydrogen-bond donors (Lipinski definition) is 3. The number of benzene rings is 1. The van der Waals surface area contributed by atoms with E-state index in [-0.39, 0.29) is 6.10 Å². The van der Waals surface area contributed by atoms with Gasteiger partial charge < -0.3 is 21.1 Å². The van der Waals surface area contributed by atoms with Crippen LogP contribution in [-0.4, -0.2) is 31.1 Å². The molecule has 5 heteroatoms. The summed E-state index contributed by atoms with van der Waals surface area (Å²) >= 11 is 0. The Morgan fingerprint density at radius 3 is 2.85 bits per heavy atom. The largest absolute Gasteiger partial charge is 0.481 e. The summed E-state index contributed by atoms with van der Waals surface area (Å²) < 4.78 is 5.92. The minimum Gasteiger partial charge on any atom is -0.481 e. The van der Waals surface area contributed by atoms with E-state index in [9.17, 15) is 0 Å². The van der Waals surface area contributed by atoms with Gasteiger partial charge in [-0.3, -0.25) is 0 Å². The van der Waals surface area contributed by atoms with Gasteiger partial charge in [0.2, 0.25) is 0 Å². The first kappa shape index (κ1) is 19.2. The maximum Gasteiger partial charge on any atom is 0.153 e. The van der Waals surface area contributed by atoms with Crippen molar-refractivity contribution >= 4 is 11.5 Å². The van der Waals surface area contributed by atoms with E-state index in [0.29, 0.717) is 17.9 Å². The highest BCUT2D eigenvalue weighted by Crippen LogP contribution is 2.40. The van der Waals surface area contributed by atoms with E-state index in [4.69, 9.17) is 10.5 Å². The zero-order valence-electron chi connectivity index (χ0n) is 16.5. The third kappa shape index (κ3) is 4.77. The lowest BCUT2D eigenvalue weighted by Crippen LogP contribution is -2.33. The normalized spacial score (nSPS) is 21.8. The number of rotatable bonds is 8. The molecule has 0 fully saturated rings. The predicted octanol–water partition coefficient (Wildman–Crippen LogP) is 3.59. The van der Waals surface area contributed by atoms with Gasteiger partial charge in [0, 0.05) is 12.1 Å². The molecule has 0 aromatic heterocycles. The lowest BCUT2D eigenvalue weighted by Gasteiger charge is -2.29. The Bertz CT molecular complexity index is 641. The highest BCUT2D eigenvalue weighted by Gasteiger charge is 2.25. The summed E-state index contributed by atoms with van der Waals surface area (Å²) in [6.07, 6.45) is 7.14. The average molecular weight is 359 g/mol. The second-order valence-electron chi connectivity index (χ2n) is 7.88. The second-order valence-corrected chi connectivity index (χ2v) is 7.88. The summed E-state index contributed by atoms with van der Waals surface area (Å²) in [6.45, 7) is 8.53. The Hall–Kier alpha value is -1.59. The van der Waals surface area contributed by atoms with Crippen LogP contribution >= 0.6 is 0 Å². The van der Waals surface area contributed by atoms with Crippen molar-refractivity contribution in [2.45, 2.75) is 77.5 Å². The zero-order chi connectivity index (χ0) is 18.5. The van der Waals surface area contributed by atoms with E-state index in [1.807, 2.05) is 6.92 Å². The van der Waals surface area contributed by atoms with Crippen LogP contribution in [0.5, 0.6) is 5.75 Å². The summed E-state index contributed by atoms with van der Waals surface area (Å²) in [5, 5.41) is 7.24. The van der Waals surface area contributed by atoms with Crippen LogP contribution in [0.15, 0.2) is 17.1 Å². The Morgan fingerprint density at radius 1 is 1.23 bits per heavy atom. The molecule has 0 radical (unpaired) electrons. The van der Waals surface area contributed by atoms with Gasteiger partial charge in [-0.15, -0.1) is 0 Å². The molecule has 5 nitrogen and oxygen atoms in total. The third-order valence-corrected chi connectivity index (χ3v) is 5.30. The minimum atomic E-state index is -0.136. The van der Waals surface area contributed by atoms with E-state index in [1.54, 1.807) is 0 Å². The van der Waals surface area contributed by atoms with Gasteiger partial charge in [-0.05, 0) is 75.4 Å². The van der Waals surface area contributed by atoms with Crippen molar-refractivity contribution < 1.29 is 4.74 Å². The number of nitrogens with zero attached hydrogens (tertiary/aromatic N) is 1. The fraction of sp³-hybridized carbons (Fsp3) is 0.667. The van der Waals surface area contributed by atoms with Crippen LogP contribution in [0.2, 0.25) is 0 Å². The van der Waals surface area contributed by atoms with Crippen LogP contribution in [0, 0.1) is 0 Å². The number of fused-ring (bicyclic) bond motifs is 2. The van der Waals surface area contributed by atoms with E-state index in [1.165, 1.54) is 43.2 Å². The maximum atomic E-state index is 5.96. The summed E-state index contributed by atoms with van der Waals surface area (Å²) in [5.41, 5.74) is 9.63. The topological polar surface area (TPSA) is 71.7 Å². The highest BCUT2D eigenvalue weighted by atomic mass is 16.5. The molecule has 2 aliphatic rings. The Kier molecular flexibility index (Phi) is 6.54. The van der Waals surface area contributed by atoms with E-state index in [0.717, 1.165) is 30.9 Å². The number of amidine groups is 1. The molecule has 1 aliphatic carbocycles. The van der Waals surface area contributed by atoms with Crippen LogP contribution in [0.25, 0.3) is 0 Å². The molecular weight excluding hydrogens is 324 g/mol. The summed E-state index contributed by atoms with van der Waals surface area (Å²) in [6, 6.07) is 5.38. The molecule has 0 amide bonds. The summed E-state index contributed by atoms with van der Waals surface area (Å²) in [4.78, 5) is 4.55. The van der Waals surface area contributed by atoms with E-state index in [2.05, 4.69) is 41.6 Å². The van der Waals surface area contributed by atoms with Crippen LogP contribution in [0.1, 0.15) is 70.0 Å². The molecule has 0 bridgehead atoms. The lowest BCUT2D eigenvalue weighted by atomic mass is 9.86. The van der Waals surface area contributed by atoms with Crippen molar-refractivity contribution in [3.63, 3.8) is 0 Å². The van der Waals surface area contributed by atoms with E-state index < -0.39 is 0 Å². The molecule has 4 N–H and O–H groups in total. The third-order valence-electron chi connectivity index (χ3n) is 5.30. The molecule has 2 atom stereocenters. The molecule has 144 valence electrons. The maximum absolute atomic E-state index is 5.96. The molecule has 2 unspecified atom stereocenters. The summed E-state index contributed by atoms with van der Waals surface area (Å²) in [7, 11) is 0. The van der Waals surface area contributed by atoms with Gasteiger partial charge in [0.1, 0.15) is 17.3 Å². The van der Waals surface area contributed by atoms with Gasteiger partial charge in [-0.2, -0.15) is 0 Å². The van der Waals surface area contributed by atoms with Gasteiger partial charge >= 0.3 is 0 Å². The molecule has 1 aliphatic heterocycles. The molecule has 3 rings (SSSR count). The fourth-order valence-electron chi connectivity index (χ4n) is 3.79. The van der Waals surface area contributed by atoms with Crippen LogP contribution < -0.4 is 21.1 Å². The van der Waals surface area contributed by atoms with Crippen LogP contribution in [0.3, 0.4) is 0 Å². The second kappa shape index (κ2) is 8.87. The molecule has 26 heavy (non-hydrogen) atoms. The van der Waals surface area contributed by atoms with Crippen molar-refractivity contribution in [3.05, 3.63) is 23.3 Å². The smallest absolute Gasteiger partial charge is 0.153 e. The standard InChI is InChI=1S/C21H34N4O/c1-14(2)23-10-5-4-6-11-24-18-9-7-8-16-12-20-19(13-17(16)18)25-21(22)15(3)26-20/h12-15,18,23-24H,4-11H2,1-3H3,(H2,22,25). The predicted molar refractivity (Wildman–Crippen MR) is 108 cm³/mol. The Morgan fingerprint density at radius 2 is 2.04 bits per heavy atom. The minimum absolute atomic E-state index is 0.136. The zero-order valence-corrected chi connectivity index (χ0v) is 16.5.